The first-order valence-corrected chi connectivity index (χ1v) is 8.21. The van der Waals surface area contributed by atoms with E-state index in [0.29, 0.717) is 28.5 Å². The van der Waals surface area contributed by atoms with Gasteiger partial charge in [0, 0.05) is 12.8 Å². The van der Waals surface area contributed by atoms with Crippen molar-refractivity contribution in [3.05, 3.63) is 29.0 Å². The van der Waals surface area contributed by atoms with Gasteiger partial charge in [0.1, 0.15) is 6.61 Å². The molecule has 1 aliphatic rings. The molecule has 2 rings (SSSR count). The zero-order chi connectivity index (χ0) is 20.0. The van der Waals surface area contributed by atoms with E-state index in [1.165, 1.54) is 28.4 Å². The minimum absolute atomic E-state index is 0.0992. The summed E-state index contributed by atoms with van der Waals surface area (Å²) < 4.78 is 26.2. The van der Waals surface area contributed by atoms with Gasteiger partial charge in [-0.15, -0.1) is 0 Å². The van der Waals surface area contributed by atoms with Gasteiger partial charge in [0.15, 0.2) is 11.5 Å². The number of methoxy groups -OCH3 is 4. The Labute approximate surface area is 157 Å². The van der Waals surface area contributed by atoms with Gasteiger partial charge < -0.3 is 34.3 Å². The van der Waals surface area contributed by atoms with Crippen molar-refractivity contribution in [3.63, 3.8) is 0 Å². The third kappa shape index (κ3) is 4.43. The van der Waals surface area contributed by atoms with Crippen molar-refractivity contribution in [3.8, 4) is 17.2 Å². The largest absolute Gasteiger partial charge is 0.493 e. The molecule has 1 heterocycles. The topological polar surface area (TPSA) is 104 Å². The van der Waals surface area contributed by atoms with Crippen LogP contribution >= 0.6 is 0 Å². The monoisotopic (exact) mass is 380 g/mol. The van der Waals surface area contributed by atoms with Gasteiger partial charge in [0.25, 0.3) is 0 Å². The van der Waals surface area contributed by atoms with Crippen LogP contribution in [0, 0.1) is 0 Å². The van der Waals surface area contributed by atoms with Crippen molar-refractivity contribution in [2.75, 3.05) is 41.7 Å². The van der Waals surface area contributed by atoms with E-state index in [1.807, 2.05) is 0 Å². The number of hydrogen-bond donors (Lipinski definition) is 2. The Balaban J connectivity index is 2.48. The van der Waals surface area contributed by atoms with Gasteiger partial charge in [-0.05, 0) is 24.6 Å². The highest BCUT2D eigenvalue weighted by atomic mass is 16.6. The van der Waals surface area contributed by atoms with Gasteiger partial charge in [0.05, 0.1) is 39.6 Å². The van der Waals surface area contributed by atoms with Crippen molar-refractivity contribution in [2.45, 2.75) is 13.0 Å². The molecule has 0 fully saturated rings. The van der Waals surface area contributed by atoms with Crippen LogP contribution in [0.5, 0.6) is 17.2 Å². The van der Waals surface area contributed by atoms with Gasteiger partial charge in [-0.2, -0.15) is 0 Å². The summed E-state index contributed by atoms with van der Waals surface area (Å²) in [7, 11) is 5.99. The smallest absolute Gasteiger partial charge is 0.338 e. The molecule has 9 nitrogen and oxygen atoms in total. The summed E-state index contributed by atoms with van der Waals surface area (Å²) in [6, 6.07) is 2.17. The number of esters is 1. The molecule has 1 unspecified atom stereocenters. The van der Waals surface area contributed by atoms with E-state index in [0.717, 1.165) is 0 Å². The standard InChI is InChI=1S/C18H24N2O7/c1-10-14(17(21)27-7-6-23-2)15(20-18(22)19-10)11-8-12(24-3)16(26-5)13(9-11)25-4/h8-9,15H,6-7H2,1-5H3,(H2,19,20,22). The van der Waals surface area contributed by atoms with E-state index in [2.05, 4.69) is 10.6 Å². The van der Waals surface area contributed by atoms with Crippen LogP contribution < -0.4 is 24.8 Å². The quantitative estimate of drug-likeness (QED) is 0.521. The number of benzene rings is 1. The Kier molecular flexibility index (Phi) is 6.89. The summed E-state index contributed by atoms with van der Waals surface area (Å²) in [5.74, 6) is 0.665. The van der Waals surface area contributed by atoms with E-state index in [-0.39, 0.29) is 18.8 Å². The lowest BCUT2D eigenvalue weighted by molar-refractivity contribution is -0.140. The third-order valence-corrected chi connectivity index (χ3v) is 4.03. The van der Waals surface area contributed by atoms with Gasteiger partial charge in [-0.1, -0.05) is 0 Å². The number of amides is 2. The van der Waals surface area contributed by atoms with Crippen LogP contribution in [0.2, 0.25) is 0 Å². The molecule has 1 aliphatic heterocycles. The molecule has 0 aliphatic carbocycles. The molecular formula is C18H24N2O7. The second kappa shape index (κ2) is 9.13. The Hall–Kier alpha value is -2.94. The van der Waals surface area contributed by atoms with Crippen LogP contribution in [0.15, 0.2) is 23.4 Å². The first-order valence-electron chi connectivity index (χ1n) is 8.21. The van der Waals surface area contributed by atoms with E-state index < -0.39 is 18.0 Å². The van der Waals surface area contributed by atoms with Crippen LogP contribution in [0.25, 0.3) is 0 Å². The van der Waals surface area contributed by atoms with Gasteiger partial charge in [-0.25, -0.2) is 9.59 Å². The minimum atomic E-state index is -0.748. The number of nitrogens with one attached hydrogen (secondary N) is 2. The number of carbonyl (C=O) groups excluding carboxylic acids is 2. The average molecular weight is 380 g/mol. The van der Waals surface area contributed by atoms with Gasteiger partial charge in [-0.3, -0.25) is 0 Å². The first kappa shape index (κ1) is 20.4. The molecule has 0 bridgehead atoms. The average Bonchev–Trinajstić information content (AvgIpc) is 2.66. The predicted molar refractivity (Wildman–Crippen MR) is 96.0 cm³/mol. The van der Waals surface area contributed by atoms with Gasteiger partial charge >= 0.3 is 12.0 Å². The number of ether oxygens (including phenoxy) is 5. The normalized spacial score (nSPS) is 16.3. The molecule has 0 spiro atoms. The number of carbonyl (C=O) groups is 2. The second-order valence-corrected chi connectivity index (χ2v) is 5.66. The number of hydrogen-bond acceptors (Lipinski definition) is 7. The summed E-state index contributed by atoms with van der Waals surface area (Å²) in [5.41, 5.74) is 1.26. The molecule has 2 N–H and O–H groups in total. The maximum absolute atomic E-state index is 12.6. The highest BCUT2D eigenvalue weighted by Gasteiger charge is 2.33. The molecule has 2 amide bonds. The fourth-order valence-electron chi connectivity index (χ4n) is 2.78. The zero-order valence-electron chi connectivity index (χ0n) is 16.0. The summed E-state index contributed by atoms with van der Waals surface area (Å²) >= 11 is 0. The maximum Gasteiger partial charge on any atom is 0.338 e. The molecule has 0 aromatic heterocycles. The summed E-state index contributed by atoms with van der Waals surface area (Å²) in [5, 5.41) is 5.32. The Morgan fingerprint density at radius 2 is 1.67 bits per heavy atom. The Morgan fingerprint density at radius 1 is 1.04 bits per heavy atom. The predicted octanol–water partition coefficient (Wildman–Crippen LogP) is 1.53. The van der Waals surface area contributed by atoms with Crippen molar-refractivity contribution >= 4 is 12.0 Å². The molecule has 0 radical (unpaired) electrons. The molecule has 1 atom stereocenters. The molecule has 1 aromatic carbocycles. The molecule has 0 saturated carbocycles. The molecule has 27 heavy (non-hydrogen) atoms. The Morgan fingerprint density at radius 3 is 2.19 bits per heavy atom. The third-order valence-electron chi connectivity index (χ3n) is 4.03. The minimum Gasteiger partial charge on any atom is -0.493 e. The van der Waals surface area contributed by atoms with Crippen LogP contribution in [0.3, 0.4) is 0 Å². The van der Waals surface area contributed by atoms with E-state index in [9.17, 15) is 9.59 Å². The van der Waals surface area contributed by atoms with Crippen molar-refractivity contribution in [1.82, 2.24) is 10.6 Å². The van der Waals surface area contributed by atoms with Crippen molar-refractivity contribution in [1.29, 1.82) is 0 Å². The molecule has 9 heteroatoms. The Bertz CT molecular complexity index is 720. The fourth-order valence-corrected chi connectivity index (χ4v) is 2.78. The summed E-state index contributed by atoms with van der Waals surface area (Å²) in [6.07, 6.45) is 0. The fraction of sp³-hybridized carbons (Fsp3) is 0.444. The second-order valence-electron chi connectivity index (χ2n) is 5.66. The highest BCUT2D eigenvalue weighted by Crippen LogP contribution is 2.41. The molecular weight excluding hydrogens is 356 g/mol. The molecule has 0 saturated heterocycles. The van der Waals surface area contributed by atoms with E-state index >= 15 is 0 Å². The maximum atomic E-state index is 12.6. The lowest BCUT2D eigenvalue weighted by atomic mass is 9.95. The number of allylic oxidation sites excluding steroid dienone is 1. The zero-order valence-corrected chi connectivity index (χ0v) is 16.0. The lowest BCUT2D eigenvalue weighted by Crippen LogP contribution is -2.45. The SMILES string of the molecule is COCCOC(=O)C1=C(C)NC(=O)NC1c1cc(OC)c(OC)c(OC)c1. The van der Waals surface area contributed by atoms with E-state index in [4.69, 9.17) is 23.7 Å². The van der Waals surface area contributed by atoms with Crippen LogP contribution in [0.4, 0.5) is 4.79 Å². The molecule has 1 aromatic rings. The van der Waals surface area contributed by atoms with Crippen LogP contribution in [0.1, 0.15) is 18.5 Å². The lowest BCUT2D eigenvalue weighted by Gasteiger charge is -2.29. The van der Waals surface area contributed by atoms with Crippen molar-refractivity contribution in [2.24, 2.45) is 0 Å². The van der Waals surface area contributed by atoms with Crippen molar-refractivity contribution < 1.29 is 33.3 Å². The van der Waals surface area contributed by atoms with Crippen LogP contribution in [-0.4, -0.2) is 53.7 Å². The van der Waals surface area contributed by atoms with Gasteiger partial charge in [0.2, 0.25) is 5.75 Å². The van der Waals surface area contributed by atoms with E-state index in [1.54, 1.807) is 19.1 Å². The molecule has 148 valence electrons. The number of rotatable bonds is 8. The van der Waals surface area contributed by atoms with Crippen LogP contribution in [-0.2, 0) is 14.3 Å². The summed E-state index contributed by atoms with van der Waals surface area (Å²) in [6.45, 7) is 2.01. The number of urea groups is 1. The highest BCUT2D eigenvalue weighted by molar-refractivity contribution is 5.95. The first-order chi connectivity index (χ1) is 13.0. The summed E-state index contributed by atoms with van der Waals surface area (Å²) in [4.78, 5) is 24.6.